The average Bonchev–Trinajstić information content (AvgIpc) is 2.85. The van der Waals surface area contributed by atoms with Crippen molar-refractivity contribution < 1.29 is 13.2 Å². The van der Waals surface area contributed by atoms with E-state index in [-0.39, 0.29) is 0 Å². The third kappa shape index (κ3) is 3.03. The van der Waals surface area contributed by atoms with Gasteiger partial charge in [0.05, 0.1) is 7.18 Å². The Morgan fingerprint density at radius 3 is 2.00 bits per heavy atom. The van der Waals surface area contributed by atoms with E-state index < -0.39 is 11.8 Å². The van der Waals surface area contributed by atoms with Gasteiger partial charge in [-0.1, -0.05) is 19.8 Å². The Balaban J connectivity index is 0.000000561. The lowest BCUT2D eigenvalue weighted by Gasteiger charge is -2.11. The van der Waals surface area contributed by atoms with Crippen LogP contribution in [0.5, 0.6) is 0 Å². The van der Waals surface area contributed by atoms with Crippen molar-refractivity contribution in [1.29, 1.82) is 0 Å². The lowest BCUT2D eigenvalue weighted by atomic mass is 10.0. The molecule has 0 atom stereocenters. The monoisotopic (exact) mass is 182 g/mol. The first kappa shape index (κ1) is 11.8. The fraction of sp³-hybridized carbons (Fsp3) is 1.00. The molecule has 1 saturated carbocycles. The molecule has 74 valence electrons. The van der Waals surface area contributed by atoms with Crippen molar-refractivity contribution in [1.82, 2.24) is 0 Å². The van der Waals surface area contributed by atoms with E-state index >= 15 is 0 Å². The van der Waals surface area contributed by atoms with Crippen molar-refractivity contribution in [2.45, 2.75) is 45.5 Å². The van der Waals surface area contributed by atoms with Gasteiger partial charge in [0.15, 0.2) is 0 Å². The van der Waals surface area contributed by atoms with Gasteiger partial charge in [0.1, 0.15) is 0 Å². The molecule has 0 heterocycles. The molecule has 12 heavy (non-hydrogen) atoms. The summed E-state index contributed by atoms with van der Waals surface area (Å²) in [6.45, 7) is 2.04. The maximum Gasteiger partial charge on any atom is 0.244 e. The summed E-state index contributed by atoms with van der Waals surface area (Å²) in [6, 6.07) is 0. The van der Waals surface area contributed by atoms with Crippen LogP contribution in [-0.2, 0) is 0 Å². The van der Waals surface area contributed by atoms with Gasteiger partial charge in [-0.15, -0.1) is 0 Å². The Labute approximate surface area is 72.2 Å². The van der Waals surface area contributed by atoms with Gasteiger partial charge in [-0.25, -0.2) is 8.78 Å². The third-order valence-electron chi connectivity index (χ3n) is 2.38. The average molecular weight is 182 g/mol. The number of unbranched alkanes of at least 4 members (excludes halogenated alkanes) is 1. The summed E-state index contributed by atoms with van der Waals surface area (Å²) in [5.74, 6) is 0. The van der Waals surface area contributed by atoms with Crippen molar-refractivity contribution in [3.63, 3.8) is 0 Å². The normalized spacial score (nSPS) is 18.5. The highest BCUT2D eigenvalue weighted by molar-refractivity contribution is 4.94. The van der Waals surface area contributed by atoms with Gasteiger partial charge in [0.2, 0.25) is 6.43 Å². The van der Waals surface area contributed by atoms with Gasteiger partial charge >= 0.3 is 0 Å². The lowest BCUT2D eigenvalue weighted by molar-refractivity contribution is 0.0551. The Morgan fingerprint density at radius 2 is 1.75 bits per heavy atom. The zero-order valence-electron chi connectivity index (χ0n) is 7.75. The first-order valence-electron chi connectivity index (χ1n) is 4.37. The van der Waals surface area contributed by atoms with Crippen LogP contribution in [0, 0.1) is 5.41 Å². The van der Waals surface area contributed by atoms with E-state index in [4.69, 9.17) is 0 Å². The van der Waals surface area contributed by atoms with E-state index in [9.17, 15) is 13.2 Å². The van der Waals surface area contributed by atoms with Crippen molar-refractivity contribution in [3.05, 3.63) is 0 Å². The summed E-state index contributed by atoms with van der Waals surface area (Å²) in [4.78, 5) is 0. The maximum absolute atomic E-state index is 12.2. The molecular formula is C9H17F3. The molecule has 1 aliphatic carbocycles. The van der Waals surface area contributed by atoms with E-state index in [1.54, 1.807) is 0 Å². The van der Waals surface area contributed by atoms with Crippen LogP contribution in [0.3, 0.4) is 0 Å². The Kier molecular flexibility index (Phi) is 5.34. The number of halogens is 3. The number of hydrogen-bond donors (Lipinski definition) is 0. The number of hydrogen-bond acceptors (Lipinski definition) is 0. The molecule has 0 nitrogen and oxygen atoms in total. The fourth-order valence-electron chi connectivity index (χ4n) is 1.27. The second kappa shape index (κ2) is 5.44. The Hall–Kier alpha value is -0.210. The van der Waals surface area contributed by atoms with Crippen LogP contribution >= 0.6 is 0 Å². The topological polar surface area (TPSA) is 0 Å². The summed E-state index contributed by atoms with van der Waals surface area (Å²) in [5, 5.41) is 0. The van der Waals surface area contributed by atoms with Crippen molar-refractivity contribution >= 4 is 0 Å². The van der Waals surface area contributed by atoms with E-state index in [1.807, 2.05) is 6.92 Å². The second-order valence-corrected chi connectivity index (χ2v) is 3.27. The minimum absolute atomic E-state index is 0.500. The summed E-state index contributed by atoms with van der Waals surface area (Å²) in [6.07, 6.45) is 2.18. The fourth-order valence-corrected chi connectivity index (χ4v) is 1.27. The molecule has 3 heteroatoms. The van der Waals surface area contributed by atoms with Crippen LogP contribution in [0.15, 0.2) is 0 Å². The van der Waals surface area contributed by atoms with Gasteiger partial charge in [0.25, 0.3) is 0 Å². The van der Waals surface area contributed by atoms with Crippen molar-refractivity contribution in [2.24, 2.45) is 5.41 Å². The first-order valence-corrected chi connectivity index (χ1v) is 4.37. The molecule has 0 radical (unpaired) electrons. The lowest BCUT2D eigenvalue weighted by Crippen LogP contribution is -2.11. The predicted molar refractivity (Wildman–Crippen MR) is 44.2 cm³/mol. The molecule has 0 bridgehead atoms. The molecule has 1 aliphatic rings. The van der Waals surface area contributed by atoms with Crippen LogP contribution in [0.1, 0.15) is 39.0 Å². The number of alkyl halides is 3. The minimum atomic E-state index is -2.07. The SMILES string of the molecule is CCCCC1(C(F)F)CC1.CF. The molecular weight excluding hydrogens is 165 g/mol. The molecule has 0 aromatic heterocycles. The predicted octanol–water partition coefficient (Wildman–Crippen LogP) is 3.81. The highest BCUT2D eigenvalue weighted by Gasteiger charge is 2.49. The maximum atomic E-state index is 12.2. The molecule has 0 unspecified atom stereocenters. The van der Waals surface area contributed by atoms with E-state index in [0.717, 1.165) is 32.1 Å². The zero-order chi connectivity index (χ0) is 9.61. The first-order chi connectivity index (χ1) is 5.71. The van der Waals surface area contributed by atoms with Crippen molar-refractivity contribution in [3.8, 4) is 0 Å². The quantitative estimate of drug-likeness (QED) is 0.620. The molecule has 1 fully saturated rings. The van der Waals surface area contributed by atoms with Crippen LogP contribution in [0.4, 0.5) is 13.2 Å². The summed E-state index contributed by atoms with van der Waals surface area (Å²) in [5.41, 5.74) is -0.532. The molecule has 0 aromatic carbocycles. The van der Waals surface area contributed by atoms with Gasteiger partial charge in [-0.05, 0) is 19.3 Å². The molecule has 0 aliphatic heterocycles. The highest BCUT2D eigenvalue weighted by atomic mass is 19.3. The molecule has 1 rings (SSSR count). The molecule has 0 spiro atoms. The molecule has 0 amide bonds. The molecule has 0 aromatic rings. The number of rotatable bonds is 4. The Bertz CT molecular complexity index is 108. The van der Waals surface area contributed by atoms with Crippen LogP contribution < -0.4 is 0 Å². The summed E-state index contributed by atoms with van der Waals surface area (Å²) in [7, 11) is 0.500. The minimum Gasteiger partial charge on any atom is -0.255 e. The smallest absolute Gasteiger partial charge is 0.244 e. The molecule has 0 saturated heterocycles. The van der Waals surface area contributed by atoms with Crippen LogP contribution in [0.2, 0.25) is 0 Å². The van der Waals surface area contributed by atoms with Gasteiger partial charge in [-0.3, -0.25) is 4.39 Å². The largest absolute Gasteiger partial charge is 0.255 e. The van der Waals surface area contributed by atoms with E-state index in [2.05, 4.69) is 0 Å². The summed E-state index contributed by atoms with van der Waals surface area (Å²) >= 11 is 0. The zero-order valence-corrected chi connectivity index (χ0v) is 7.75. The third-order valence-corrected chi connectivity index (χ3v) is 2.38. The van der Waals surface area contributed by atoms with Crippen LogP contribution in [0.25, 0.3) is 0 Å². The second-order valence-electron chi connectivity index (χ2n) is 3.27. The van der Waals surface area contributed by atoms with Gasteiger partial charge < -0.3 is 0 Å². The van der Waals surface area contributed by atoms with E-state index in [1.165, 1.54) is 0 Å². The van der Waals surface area contributed by atoms with Gasteiger partial charge in [-0.2, -0.15) is 0 Å². The van der Waals surface area contributed by atoms with Gasteiger partial charge in [0, 0.05) is 5.41 Å². The Morgan fingerprint density at radius 1 is 1.25 bits per heavy atom. The highest BCUT2D eigenvalue weighted by Crippen LogP contribution is 2.54. The van der Waals surface area contributed by atoms with Crippen molar-refractivity contribution in [2.75, 3.05) is 7.18 Å². The summed E-state index contributed by atoms with van der Waals surface area (Å²) < 4.78 is 33.9. The van der Waals surface area contributed by atoms with Crippen LogP contribution in [-0.4, -0.2) is 13.6 Å². The standard InChI is InChI=1S/C8H14F2.CH3F/c1-2-3-4-8(5-6-8)7(9)10;1-2/h7H,2-6H2,1H3;1H3. The molecule has 0 N–H and O–H groups in total. The van der Waals surface area contributed by atoms with E-state index in [0.29, 0.717) is 7.18 Å².